The van der Waals surface area contributed by atoms with Crippen LogP contribution in [0.1, 0.15) is 25.6 Å². The molecule has 0 bridgehead atoms. The highest BCUT2D eigenvalue weighted by Crippen LogP contribution is 2.29. The van der Waals surface area contributed by atoms with Gasteiger partial charge >= 0.3 is 0 Å². The highest BCUT2D eigenvalue weighted by atomic mass is 16.5. The summed E-state index contributed by atoms with van der Waals surface area (Å²) in [6.07, 6.45) is 1.79. The molecule has 5 nitrogen and oxygen atoms in total. The maximum atomic E-state index is 5.70. The van der Waals surface area contributed by atoms with Crippen molar-refractivity contribution in [2.45, 2.75) is 25.5 Å². The third-order valence-electron chi connectivity index (χ3n) is 2.53. The van der Waals surface area contributed by atoms with E-state index in [1.807, 2.05) is 7.05 Å². The van der Waals surface area contributed by atoms with E-state index in [1.165, 1.54) is 0 Å². The van der Waals surface area contributed by atoms with Gasteiger partial charge < -0.3 is 10.1 Å². The second-order valence-corrected chi connectivity index (χ2v) is 4.10. The number of nitrogens with one attached hydrogen (secondary N) is 1. The lowest BCUT2D eigenvalue weighted by atomic mass is 9.94. The van der Waals surface area contributed by atoms with Gasteiger partial charge in [-0.15, -0.1) is 0 Å². The molecule has 1 unspecified atom stereocenters. The second-order valence-electron chi connectivity index (χ2n) is 4.10. The molecule has 2 rings (SSSR count). The van der Waals surface area contributed by atoms with Crippen LogP contribution in [0.4, 0.5) is 0 Å². The molecule has 1 saturated heterocycles. The van der Waals surface area contributed by atoms with E-state index in [0.29, 0.717) is 0 Å². The lowest BCUT2D eigenvalue weighted by Crippen LogP contribution is -2.48. The molecule has 1 aromatic heterocycles. The molecule has 0 amide bonds. The lowest BCUT2D eigenvalue weighted by Gasteiger charge is -2.38. The first-order valence-electron chi connectivity index (χ1n) is 4.83. The average molecular weight is 196 g/mol. The molecule has 1 N–H and O–H groups in total. The Balaban J connectivity index is 2.23. The normalized spacial score (nSPS) is 26.4. The van der Waals surface area contributed by atoms with Crippen LogP contribution in [0, 0.1) is 0 Å². The van der Waals surface area contributed by atoms with E-state index in [-0.39, 0.29) is 11.6 Å². The van der Waals surface area contributed by atoms with Gasteiger partial charge in [0.1, 0.15) is 5.69 Å². The number of hydrogen-bond acceptors (Lipinski definition) is 4. The zero-order chi connectivity index (χ0) is 10.2. The zero-order valence-corrected chi connectivity index (χ0v) is 8.82. The summed E-state index contributed by atoms with van der Waals surface area (Å²) < 4.78 is 5.70. The highest BCUT2D eigenvalue weighted by Gasteiger charge is 2.36. The van der Waals surface area contributed by atoms with Crippen molar-refractivity contribution in [3.05, 3.63) is 11.9 Å². The van der Waals surface area contributed by atoms with Crippen molar-refractivity contribution in [1.82, 2.24) is 20.3 Å². The lowest BCUT2D eigenvalue weighted by molar-refractivity contribution is -0.0733. The van der Waals surface area contributed by atoms with Gasteiger partial charge in [0.25, 0.3) is 0 Å². The predicted octanol–water partition coefficient (Wildman–Crippen LogP) is 0.255. The largest absolute Gasteiger partial charge is 0.372 e. The molecule has 0 saturated carbocycles. The van der Waals surface area contributed by atoms with E-state index in [2.05, 4.69) is 29.4 Å². The van der Waals surface area contributed by atoms with Gasteiger partial charge in [0.2, 0.25) is 0 Å². The molecule has 0 aliphatic carbocycles. The van der Waals surface area contributed by atoms with Gasteiger partial charge in [0.05, 0.1) is 24.4 Å². The van der Waals surface area contributed by atoms with Crippen LogP contribution in [0.15, 0.2) is 6.20 Å². The van der Waals surface area contributed by atoms with Crippen LogP contribution in [0.5, 0.6) is 0 Å². The van der Waals surface area contributed by atoms with Crippen LogP contribution in [-0.2, 0) is 11.8 Å². The Hall–Kier alpha value is -0.940. The summed E-state index contributed by atoms with van der Waals surface area (Å²) in [4.78, 5) is 1.57. The smallest absolute Gasteiger partial charge is 0.103 e. The maximum absolute atomic E-state index is 5.70. The third-order valence-corrected chi connectivity index (χ3v) is 2.53. The number of nitrogens with zero attached hydrogens (tertiary/aromatic N) is 3. The number of hydrogen-bond donors (Lipinski definition) is 1. The summed E-state index contributed by atoms with van der Waals surface area (Å²) in [5, 5.41) is 11.8. The molecule has 0 radical (unpaired) electrons. The summed E-state index contributed by atoms with van der Waals surface area (Å²) >= 11 is 0. The fourth-order valence-corrected chi connectivity index (χ4v) is 1.80. The van der Waals surface area contributed by atoms with Crippen molar-refractivity contribution in [2.24, 2.45) is 7.05 Å². The topological polar surface area (TPSA) is 52.0 Å². The van der Waals surface area contributed by atoms with E-state index >= 15 is 0 Å². The average Bonchev–Trinajstić information content (AvgIpc) is 2.51. The standard InChI is InChI=1S/C9H16N4O/c1-9(2)8(10-4-5-14-9)7-6-11-13(3)12-7/h6,8,10H,4-5H2,1-3H3. The summed E-state index contributed by atoms with van der Waals surface area (Å²) in [7, 11) is 1.82. The third kappa shape index (κ3) is 1.65. The van der Waals surface area contributed by atoms with Crippen molar-refractivity contribution in [3.8, 4) is 0 Å². The minimum Gasteiger partial charge on any atom is -0.372 e. The Morgan fingerprint density at radius 3 is 3.00 bits per heavy atom. The van der Waals surface area contributed by atoms with Gasteiger partial charge in [-0.2, -0.15) is 15.0 Å². The van der Waals surface area contributed by atoms with Crippen molar-refractivity contribution < 1.29 is 4.74 Å². The molecule has 2 heterocycles. The van der Waals surface area contributed by atoms with Gasteiger partial charge in [0.15, 0.2) is 0 Å². The van der Waals surface area contributed by atoms with Crippen molar-refractivity contribution in [1.29, 1.82) is 0 Å². The summed E-state index contributed by atoms with van der Waals surface area (Å²) in [6, 6.07) is 0.130. The highest BCUT2D eigenvalue weighted by molar-refractivity contribution is 5.08. The zero-order valence-electron chi connectivity index (χ0n) is 8.82. The Morgan fingerprint density at radius 1 is 1.64 bits per heavy atom. The molecule has 5 heteroatoms. The van der Waals surface area contributed by atoms with E-state index in [4.69, 9.17) is 4.74 Å². The number of aryl methyl sites for hydroxylation is 1. The van der Waals surface area contributed by atoms with Gasteiger partial charge in [-0.05, 0) is 13.8 Å². The van der Waals surface area contributed by atoms with Crippen LogP contribution in [-0.4, -0.2) is 33.7 Å². The van der Waals surface area contributed by atoms with Crippen LogP contribution >= 0.6 is 0 Å². The first-order valence-corrected chi connectivity index (χ1v) is 4.83. The molecular weight excluding hydrogens is 180 g/mol. The quantitative estimate of drug-likeness (QED) is 0.699. The van der Waals surface area contributed by atoms with Crippen LogP contribution < -0.4 is 5.32 Å². The molecule has 1 atom stereocenters. The van der Waals surface area contributed by atoms with Crippen molar-refractivity contribution in [2.75, 3.05) is 13.2 Å². The molecular formula is C9H16N4O. The van der Waals surface area contributed by atoms with E-state index < -0.39 is 0 Å². The summed E-state index contributed by atoms with van der Waals surface area (Å²) in [5.74, 6) is 0. The van der Waals surface area contributed by atoms with E-state index in [0.717, 1.165) is 18.8 Å². The predicted molar refractivity (Wildman–Crippen MR) is 51.8 cm³/mol. The van der Waals surface area contributed by atoms with Gasteiger partial charge in [-0.25, -0.2) is 0 Å². The monoisotopic (exact) mass is 196 g/mol. The molecule has 1 aromatic rings. The Kier molecular flexibility index (Phi) is 2.28. The molecule has 78 valence electrons. The molecule has 14 heavy (non-hydrogen) atoms. The van der Waals surface area contributed by atoms with E-state index in [9.17, 15) is 0 Å². The fourth-order valence-electron chi connectivity index (χ4n) is 1.80. The minimum absolute atomic E-state index is 0.130. The van der Waals surface area contributed by atoms with Crippen LogP contribution in [0.2, 0.25) is 0 Å². The fraction of sp³-hybridized carbons (Fsp3) is 0.778. The number of morpholine rings is 1. The van der Waals surface area contributed by atoms with Gasteiger partial charge in [-0.3, -0.25) is 0 Å². The molecule has 1 aliphatic rings. The van der Waals surface area contributed by atoms with Crippen molar-refractivity contribution >= 4 is 0 Å². The molecule has 1 fully saturated rings. The first-order chi connectivity index (χ1) is 6.59. The van der Waals surface area contributed by atoms with Crippen LogP contribution in [0.3, 0.4) is 0 Å². The first kappa shape index (κ1) is 9.61. The van der Waals surface area contributed by atoms with Gasteiger partial charge in [0, 0.05) is 13.6 Å². The summed E-state index contributed by atoms with van der Waals surface area (Å²) in [5.41, 5.74) is 0.728. The number of ether oxygens (including phenoxy) is 1. The van der Waals surface area contributed by atoms with Crippen molar-refractivity contribution in [3.63, 3.8) is 0 Å². The Morgan fingerprint density at radius 2 is 2.43 bits per heavy atom. The Labute approximate surface area is 83.4 Å². The maximum Gasteiger partial charge on any atom is 0.103 e. The molecule has 1 aliphatic heterocycles. The number of aromatic nitrogens is 3. The molecule has 0 aromatic carbocycles. The van der Waals surface area contributed by atoms with Gasteiger partial charge in [-0.1, -0.05) is 0 Å². The minimum atomic E-state index is -0.214. The Bertz CT molecular complexity index is 320. The van der Waals surface area contributed by atoms with E-state index in [1.54, 1.807) is 11.0 Å². The summed E-state index contributed by atoms with van der Waals surface area (Å²) in [6.45, 7) is 5.76. The SMILES string of the molecule is Cn1ncc(C2NCCOC2(C)C)n1. The number of rotatable bonds is 1. The molecule has 0 spiro atoms. The second kappa shape index (κ2) is 3.33. The van der Waals surface area contributed by atoms with Crippen LogP contribution in [0.25, 0.3) is 0 Å².